The van der Waals surface area contributed by atoms with E-state index in [1.54, 1.807) is 0 Å². The summed E-state index contributed by atoms with van der Waals surface area (Å²) in [5.74, 6) is -22.3. The van der Waals surface area contributed by atoms with E-state index in [4.69, 9.17) is 0 Å². The molecule has 420 valence electrons. The smallest absolute Gasteiger partial charge is 0.0999 e. The molecule has 0 spiro atoms. The zero-order valence-electron chi connectivity index (χ0n) is 33.9. The van der Waals surface area contributed by atoms with E-state index in [1.165, 1.54) is 0 Å². The molecular formula is C28H28O28Re2S14-14. The molecule has 0 aromatic carbocycles. The molecule has 0 heterocycles. The second-order valence-electron chi connectivity index (χ2n) is 11.6. The molecule has 0 N–H and O–H groups in total. The SMILES string of the molecule is O=C([O-])CC(S)(S)C(=O)[O-].O=C([O-])CC(S)(S)C(=O)[O-].O=C([O-])CC(S)(S)C(=O)[O-].O=C([O-])CC(S)(S)C(=O)[O-].O=C([O-])CC(S)(S)C(=O)[O-].O=C([O-])CC(S)(S)C(=O)[O-].O=C([O-])CC(S)(S)C(=O)[O-].[Re].[Re]. The van der Waals surface area contributed by atoms with Gasteiger partial charge in [0.05, 0.1) is 70.3 Å². The monoisotopic (exact) mass is 1630 g/mol. The first-order valence-corrected chi connectivity index (χ1v) is 21.8. The molecule has 0 aromatic rings. The number of carboxylic acid groups (broad SMARTS) is 14. The molecule has 0 saturated heterocycles. The van der Waals surface area contributed by atoms with Crippen LogP contribution in [0.2, 0.25) is 0 Å². The summed E-state index contributed by atoms with van der Waals surface area (Å²) >= 11 is 47.6. The Hall–Kier alpha value is -1.20. The molecule has 0 aliphatic heterocycles. The van der Waals surface area contributed by atoms with Crippen LogP contribution in [-0.2, 0) is 108 Å². The second kappa shape index (κ2) is 41.0. The van der Waals surface area contributed by atoms with Crippen LogP contribution in [0, 0.1) is 0 Å². The molecule has 44 heteroatoms. The molecule has 0 saturated carbocycles. The van der Waals surface area contributed by atoms with Gasteiger partial charge in [-0.1, -0.05) is 0 Å². The van der Waals surface area contributed by atoms with E-state index >= 15 is 0 Å². The molecule has 0 unspecified atom stereocenters. The Kier molecular flexibility index (Phi) is 51.4. The van der Waals surface area contributed by atoms with Gasteiger partial charge in [-0.25, -0.2) is 0 Å². The minimum atomic E-state index is -1.95. The van der Waals surface area contributed by atoms with Crippen molar-refractivity contribution in [3.8, 4) is 0 Å². The zero-order valence-corrected chi connectivity index (χ0v) is 51.9. The molecule has 0 aliphatic rings. The summed E-state index contributed by atoms with van der Waals surface area (Å²) in [6.07, 6.45) is -5.53. The van der Waals surface area contributed by atoms with Crippen LogP contribution in [0.25, 0.3) is 0 Å². The largest absolute Gasteiger partial charge is 0.550 e. The van der Waals surface area contributed by atoms with Gasteiger partial charge in [0.25, 0.3) is 0 Å². The van der Waals surface area contributed by atoms with Gasteiger partial charge in [0, 0.05) is 128 Å². The van der Waals surface area contributed by atoms with Crippen molar-refractivity contribution in [2.75, 3.05) is 0 Å². The topological polar surface area (TPSA) is 562 Å². The van der Waals surface area contributed by atoms with Crippen LogP contribution in [0.5, 0.6) is 0 Å². The van der Waals surface area contributed by atoms with E-state index < -0.39 is 157 Å². The van der Waals surface area contributed by atoms with Crippen LogP contribution in [-0.4, -0.2) is 112 Å². The standard InChI is InChI=1S/7C4H6O4S2.2Re/c7*5-2(6)1-4(9,10)3(7)8;;/h7*9-10H,1H2,(H,5,6)(H,7,8);;/p-14. The van der Waals surface area contributed by atoms with Gasteiger partial charge in [0.15, 0.2) is 0 Å². The van der Waals surface area contributed by atoms with Gasteiger partial charge >= 0.3 is 0 Å². The molecule has 0 aromatic heterocycles. The van der Waals surface area contributed by atoms with Crippen LogP contribution in [0.15, 0.2) is 0 Å². The Morgan fingerprint density at radius 1 is 0.194 bits per heavy atom. The van der Waals surface area contributed by atoms with Crippen LogP contribution in [0.3, 0.4) is 0 Å². The summed E-state index contributed by atoms with van der Waals surface area (Å²) in [5, 5.41) is 139. The van der Waals surface area contributed by atoms with E-state index in [0.717, 1.165) is 0 Å². The van der Waals surface area contributed by atoms with Gasteiger partial charge in [-0.15, -0.1) is 0 Å². The van der Waals surface area contributed by atoms with Gasteiger partial charge in [-0.2, -0.15) is 177 Å². The van der Waals surface area contributed by atoms with E-state index in [2.05, 4.69) is 177 Å². The van der Waals surface area contributed by atoms with Crippen LogP contribution < -0.4 is 71.5 Å². The number of rotatable bonds is 21. The maximum atomic E-state index is 10.0. The molecule has 28 nitrogen and oxygen atoms in total. The van der Waals surface area contributed by atoms with Crippen molar-refractivity contribution >= 4 is 260 Å². The average molecular weight is 1630 g/mol. The molecule has 0 amide bonds. The molecule has 0 atom stereocenters. The van der Waals surface area contributed by atoms with Crippen molar-refractivity contribution < 1.29 is 179 Å². The summed E-state index contributed by atoms with van der Waals surface area (Å²) in [5.41, 5.74) is 0. The maximum Gasteiger partial charge on any atom is 0.0999 e. The van der Waals surface area contributed by atoms with E-state index in [-0.39, 0.29) is 40.8 Å². The minimum Gasteiger partial charge on any atom is -0.550 e. The van der Waals surface area contributed by atoms with Crippen molar-refractivity contribution in [2.24, 2.45) is 0 Å². The first kappa shape index (κ1) is 90.3. The fourth-order valence-corrected chi connectivity index (χ4v) is 3.72. The minimum absolute atomic E-state index is 0. The van der Waals surface area contributed by atoms with Crippen LogP contribution >= 0.6 is 177 Å². The summed E-state index contributed by atoms with van der Waals surface area (Å²) in [7, 11) is 0. The number of hydrogen-bond acceptors (Lipinski definition) is 42. The molecule has 0 rings (SSSR count). The Morgan fingerprint density at radius 2 is 0.250 bits per heavy atom. The first-order chi connectivity index (χ1) is 30.5. The van der Waals surface area contributed by atoms with Crippen molar-refractivity contribution in [1.29, 1.82) is 0 Å². The van der Waals surface area contributed by atoms with Gasteiger partial charge in [0.2, 0.25) is 0 Å². The van der Waals surface area contributed by atoms with E-state index in [9.17, 15) is 139 Å². The quantitative estimate of drug-likeness (QED) is 0.0375. The van der Waals surface area contributed by atoms with Gasteiger partial charge in [-0.05, 0) is 0 Å². The number of carbonyl (C=O) groups is 14. The average Bonchev–Trinajstić information content (AvgIpc) is 3.06. The Balaban J connectivity index is -0.0000000915. The summed E-state index contributed by atoms with van der Waals surface area (Å²) in [6, 6.07) is 0. The van der Waals surface area contributed by atoms with Crippen LogP contribution in [0.1, 0.15) is 44.9 Å². The second-order valence-corrected chi connectivity index (χ2v) is 24.7. The number of carbonyl (C=O) groups excluding carboxylic acids is 14. The normalized spacial score (nSPS) is 10.7. The zero-order chi connectivity index (χ0) is 58.5. The Morgan fingerprint density at radius 3 is 0.264 bits per heavy atom. The van der Waals surface area contributed by atoms with Crippen LogP contribution in [0.4, 0.5) is 0 Å². The molecule has 72 heavy (non-hydrogen) atoms. The summed E-state index contributed by atoms with van der Waals surface area (Å²) in [6.45, 7) is 0. The predicted octanol–water partition coefficient (Wildman–Crippen LogP) is -18.0. The van der Waals surface area contributed by atoms with Crippen molar-refractivity contribution in [2.45, 2.75) is 73.5 Å². The summed E-state index contributed by atoms with van der Waals surface area (Å²) in [4.78, 5) is 139. The predicted molar refractivity (Wildman–Crippen MR) is 247 cm³/mol. The molecule has 2 radical (unpaired) electrons. The van der Waals surface area contributed by atoms with Crippen molar-refractivity contribution in [3.63, 3.8) is 0 Å². The Labute approximate surface area is 508 Å². The fourth-order valence-electron chi connectivity index (χ4n) is 1.91. The molecule has 0 fully saturated rings. The van der Waals surface area contributed by atoms with Crippen molar-refractivity contribution in [3.05, 3.63) is 0 Å². The number of thiol groups is 14. The third kappa shape index (κ3) is 55.0. The number of hydrogen-bond donors (Lipinski definition) is 14. The molecule has 0 aliphatic carbocycles. The molecule has 0 bridgehead atoms. The third-order valence-electron chi connectivity index (χ3n) is 5.02. The summed E-state index contributed by atoms with van der Waals surface area (Å²) < 4.78 is -13.6. The Bertz CT molecular complexity index is 1540. The van der Waals surface area contributed by atoms with Gasteiger partial charge < -0.3 is 139 Å². The third-order valence-corrected chi connectivity index (χ3v) is 9.79. The number of carboxylic acids is 14. The van der Waals surface area contributed by atoms with Crippen molar-refractivity contribution in [1.82, 2.24) is 0 Å². The maximum absolute atomic E-state index is 10.0. The van der Waals surface area contributed by atoms with E-state index in [0.29, 0.717) is 0 Å². The van der Waals surface area contributed by atoms with Gasteiger partial charge in [0.1, 0.15) is 0 Å². The van der Waals surface area contributed by atoms with Gasteiger partial charge in [-0.3, -0.25) is 0 Å². The fraction of sp³-hybridized carbons (Fsp3) is 0.500. The number of aliphatic carboxylic acids is 14. The van der Waals surface area contributed by atoms with E-state index in [1.807, 2.05) is 0 Å². The first-order valence-electron chi connectivity index (χ1n) is 15.5. The molecular weight excluding hydrogens is 1610 g/mol.